The third-order valence-corrected chi connectivity index (χ3v) is 3.26. The van der Waals surface area contributed by atoms with Crippen LogP contribution >= 0.6 is 15.9 Å². The lowest BCUT2D eigenvalue weighted by atomic mass is 10.2. The Hall–Kier alpha value is -1.56. The first kappa shape index (κ1) is 13.9. The average molecular weight is 328 g/mol. The van der Waals surface area contributed by atoms with Crippen molar-refractivity contribution in [2.45, 2.75) is 13.3 Å². The molecule has 0 aliphatic heterocycles. The number of benzene rings is 1. The number of nitrogens with one attached hydrogen (secondary N) is 1. The van der Waals surface area contributed by atoms with Gasteiger partial charge in [-0.15, -0.1) is 0 Å². The molecule has 0 radical (unpaired) electrons. The molecular formula is C13H12BrF2N3. The molecule has 0 aliphatic rings. The molecule has 19 heavy (non-hydrogen) atoms. The highest BCUT2D eigenvalue weighted by Gasteiger charge is 2.14. The summed E-state index contributed by atoms with van der Waals surface area (Å²) in [6, 6.07) is 4.24. The molecule has 100 valence electrons. The smallest absolute Gasteiger partial charge is 0.173 e. The van der Waals surface area contributed by atoms with Crippen LogP contribution < -0.4 is 5.32 Å². The van der Waals surface area contributed by atoms with Crippen molar-refractivity contribution < 1.29 is 8.78 Å². The van der Waals surface area contributed by atoms with Crippen LogP contribution in [-0.2, 0) is 0 Å². The number of aromatic nitrogens is 2. The number of hydrogen-bond donors (Lipinski definition) is 1. The Morgan fingerprint density at radius 1 is 1.26 bits per heavy atom. The van der Waals surface area contributed by atoms with E-state index in [-0.39, 0.29) is 4.47 Å². The zero-order valence-electron chi connectivity index (χ0n) is 10.3. The van der Waals surface area contributed by atoms with Crippen molar-refractivity contribution in [3.05, 3.63) is 40.5 Å². The van der Waals surface area contributed by atoms with E-state index in [9.17, 15) is 8.78 Å². The lowest BCUT2D eigenvalue weighted by Gasteiger charge is -2.07. The summed E-state index contributed by atoms with van der Waals surface area (Å²) in [5, 5.41) is 3.12. The van der Waals surface area contributed by atoms with Crippen molar-refractivity contribution in [1.29, 1.82) is 0 Å². The fraction of sp³-hybridized carbons (Fsp3) is 0.231. The third kappa shape index (κ3) is 3.07. The number of nitrogens with zero attached hydrogens (tertiary/aromatic N) is 2. The van der Waals surface area contributed by atoms with E-state index in [1.807, 2.05) is 6.92 Å². The van der Waals surface area contributed by atoms with Crippen LogP contribution in [0.5, 0.6) is 0 Å². The summed E-state index contributed by atoms with van der Waals surface area (Å²) >= 11 is 3.03. The molecule has 2 aromatic rings. The molecule has 0 fully saturated rings. The van der Waals surface area contributed by atoms with Gasteiger partial charge in [-0.25, -0.2) is 18.7 Å². The molecule has 0 atom stereocenters. The van der Waals surface area contributed by atoms with E-state index < -0.39 is 11.6 Å². The van der Waals surface area contributed by atoms with E-state index in [4.69, 9.17) is 0 Å². The Labute approximate surface area is 118 Å². The van der Waals surface area contributed by atoms with Crippen molar-refractivity contribution in [3.63, 3.8) is 0 Å². The van der Waals surface area contributed by atoms with Gasteiger partial charge in [0.2, 0.25) is 0 Å². The van der Waals surface area contributed by atoms with Gasteiger partial charge in [-0.05, 0) is 40.5 Å². The highest BCUT2D eigenvalue weighted by molar-refractivity contribution is 9.10. The molecule has 1 aromatic heterocycles. The van der Waals surface area contributed by atoms with Crippen molar-refractivity contribution in [1.82, 2.24) is 9.97 Å². The maximum atomic E-state index is 13.5. The summed E-state index contributed by atoms with van der Waals surface area (Å²) in [6.45, 7) is 2.83. The minimum atomic E-state index is -0.937. The quantitative estimate of drug-likeness (QED) is 0.862. The first-order chi connectivity index (χ1) is 9.13. The molecule has 1 aromatic carbocycles. The second kappa shape index (κ2) is 6.06. The predicted molar refractivity (Wildman–Crippen MR) is 73.9 cm³/mol. The maximum Gasteiger partial charge on any atom is 0.173 e. The normalized spacial score (nSPS) is 10.5. The van der Waals surface area contributed by atoms with Crippen LogP contribution in [0.25, 0.3) is 11.4 Å². The third-order valence-electron chi connectivity index (χ3n) is 2.49. The first-order valence-corrected chi connectivity index (χ1v) is 6.63. The highest BCUT2D eigenvalue weighted by atomic mass is 79.9. The van der Waals surface area contributed by atoms with Gasteiger partial charge in [0, 0.05) is 18.3 Å². The van der Waals surface area contributed by atoms with E-state index in [1.54, 1.807) is 12.3 Å². The molecule has 0 saturated carbocycles. The fourth-order valence-corrected chi connectivity index (χ4v) is 2.04. The molecule has 0 unspecified atom stereocenters. The van der Waals surface area contributed by atoms with Gasteiger partial charge in [-0.2, -0.15) is 0 Å². The Balaban J connectivity index is 2.39. The molecule has 1 heterocycles. The molecule has 1 N–H and O–H groups in total. The summed E-state index contributed by atoms with van der Waals surface area (Å²) < 4.78 is 26.6. The minimum absolute atomic E-state index is 0.0279. The van der Waals surface area contributed by atoms with E-state index in [1.165, 1.54) is 6.07 Å². The number of anilines is 1. The lowest BCUT2D eigenvalue weighted by molar-refractivity contribution is 0.504. The minimum Gasteiger partial charge on any atom is -0.370 e. The van der Waals surface area contributed by atoms with Crippen molar-refractivity contribution in [2.75, 3.05) is 11.9 Å². The Morgan fingerprint density at radius 3 is 2.79 bits per heavy atom. The van der Waals surface area contributed by atoms with Gasteiger partial charge in [-0.1, -0.05) is 6.92 Å². The summed E-state index contributed by atoms with van der Waals surface area (Å²) in [5.74, 6) is -0.848. The van der Waals surface area contributed by atoms with Crippen LogP contribution in [-0.4, -0.2) is 16.5 Å². The van der Waals surface area contributed by atoms with E-state index >= 15 is 0 Å². The molecule has 6 heteroatoms. The number of hydrogen-bond acceptors (Lipinski definition) is 3. The molecular weight excluding hydrogens is 316 g/mol. The zero-order chi connectivity index (χ0) is 13.8. The topological polar surface area (TPSA) is 37.8 Å². The second-order valence-corrected chi connectivity index (χ2v) is 4.71. The van der Waals surface area contributed by atoms with Crippen molar-refractivity contribution in [3.8, 4) is 11.4 Å². The van der Waals surface area contributed by atoms with Crippen LogP contribution in [0.2, 0.25) is 0 Å². The van der Waals surface area contributed by atoms with E-state index in [2.05, 4.69) is 31.2 Å². The maximum absolute atomic E-state index is 13.5. The monoisotopic (exact) mass is 327 g/mol. The number of halogens is 3. The largest absolute Gasteiger partial charge is 0.370 e. The summed E-state index contributed by atoms with van der Waals surface area (Å²) in [5.41, 5.74) is 0.416. The SMILES string of the molecule is CCCNc1ccnc(-c2ccc(F)c(F)c2Br)n1. The summed E-state index contributed by atoms with van der Waals surface area (Å²) in [7, 11) is 0. The number of rotatable bonds is 4. The van der Waals surface area contributed by atoms with Gasteiger partial charge in [0.25, 0.3) is 0 Å². The van der Waals surface area contributed by atoms with Crippen molar-refractivity contribution >= 4 is 21.7 Å². The molecule has 0 spiro atoms. The van der Waals surface area contributed by atoms with Gasteiger partial charge in [0.05, 0.1) is 4.47 Å². The van der Waals surface area contributed by atoms with Gasteiger partial charge >= 0.3 is 0 Å². The first-order valence-electron chi connectivity index (χ1n) is 5.84. The standard InChI is InChI=1S/C13H12BrF2N3/c1-2-6-17-10-5-7-18-13(19-10)8-3-4-9(15)12(16)11(8)14/h3-5,7H,2,6H2,1H3,(H,17,18,19). The molecule has 3 nitrogen and oxygen atoms in total. The fourth-order valence-electron chi connectivity index (χ4n) is 1.54. The van der Waals surface area contributed by atoms with E-state index in [0.717, 1.165) is 19.0 Å². The van der Waals surface area contributed by atoms with Gasteiger partial charge < -0.3 is 5.32 Å². The second-order valence-electron chi connectivity index (χ2n) is 3.92. The Kier molecular flexibility index (Phi) is 4.42. The van der Waals surface area contributed by atoms with Gasteiger partial charge in [0.1, 0.15) is 5.82 Å². The van der Waals surface area contributed by atoms with Crippen LogP contribution in [0.3, 0.4) is 0 Å². The predicted octanol–water partition coefficient (Wildman–Crippen LogP) is 4.01. The van der Waals surface area contributed by atoms with Gasteiger partial charge in [0.15, 0.2) is 17.5 Å². The molecule has 0 saturated heterocycles. The van der Waals surface area contributed by atoms with Crippen LogP contribution in [0.4, 0.5) is 14.6 Å². The lowest BCUT2D eigenvalue weighted by Crippen LogP contribution is -2.03. The van der Waals surface area contributed by atoms with Crippen LogP contribution in [0.15, 0.2) is 28.9 Å². The van der Waals surface area contributed by atoms with E-state index in [0.29, 0.717) is 17.2 Å². The average Bonchev–Trinajstić information content (AvgIpc) is 2.43. The van der Waals surface area contributed by atoms with Crippen LogP contribution in [0.1, 0.15) is 13.3 Å². The molecule has 0 amide bonds. The molecule has 2 rings (SSSR count). The Morgan fingerprint density at radius 2 is 2.05 bits per heavy atom. The zero-order valence-corrected chi connectivity index (χ0v) is 11.8. The highest BCUT2D eigenvalue weighted by Crippen LogP contribution is 2.29. The Bertz CT molecular complexity index is 590. The summed E-state index contributed by atoms with van der Waals surface area (Å²) in [6.07, 6.45) is 2.54. The summed E-state index contributed by atoms with van der Waals surface area (Å²) in [4.78, 5) is 8.35. The molecule has 0 bridgehead atoms. The van der Waals surface area contributed by atoms with Gasteiger partial charge in [-0.3, -0.25) is 0 Å². The van der Waals surface area contributed by atoms with Crippen LogP contribution in [0, 0.1) is 11.6 Å². The molecule has 0 aliphatic carbocycles. The van der Waals surface area contributed by atoms with Crippen molar-refractivity contribution in [2.24, 2.45) is 0 Å².